The molecular weight excluding hydrogens is 403 g/mol. The number of nitrogens with one attached hydrogen (secondary N) is 1. The molecule has 6 nitrogen and oxygen atoms in total. The molecule has 3 N–H and O–H groups in total. The van der Waals surface area contributed by atoms with Crippen LogP contribution in [0.4, 0.5) is 13.2 Å². The molecule has 0 aromatic heterocycles. The molecule has 0 spiro atoms. The van der Waals surface area contributed by atoms with Crippen molar-refractivity contribution in [1.82, 2.24) is 5.32 Å². The second-order valence-corrected chi connectivity index (χ2v) is 6.68. The van der Waals surface area contributed by atoms with Crippen LogP contribution in [0.1, 0.15) is 34.7 Å². The number of carboxylic acids is 2. The lowest BCUT2D eigenvalue weighted by atomic mass is 10.0. The van der Waals surface area contributed by atoms with Gasteiger partial charge in [-0.05, 0) is 53.6 Å². The van der Waals surface area contributed by atoms with E-state index in [9.17, 15) is 23.1 Å². The molecule has 1 aliphatic carbocycles. The third-order valence-corrected chi connectivity index (χ3v) is 4.61. The number of methoxy groups -OCH3 is 1. The average molecular weight is 425 g/mol. The number of halogens is 3. The molecule has 0 fully saturated rings. The van der Waals surface area contributed by atoms with Gasteiger partial charge in [0, 0.05) is 6.54 Å². The monoisotopic (exact) mass is 425 g/mol. The van der Waals surface area contributed by atoms with Crippen molar-refractivity contribution >= 4 is 11.9 Å². The lowest BCUT2D eigenvalue weighted by Gasteiger charge is -2.16. The highest BCUT2D eigenvalue weighted by atomic mass is 19.4. The summed E-state index contributed by atoms with van der Waals surface area (Å²) < 4.78 is 36.8. The van der Waals surface area contributed by atoms with Crippen molar-refractivity contribution in [2.75, 3.05) is 7.11 Å². The van der Waals surface area contributed by atoms with E-state index in [0.717, 1.165) is 29.7 Å². The second-order valence-electron chi connectivity index (χ2n) is 6.68. The SMILES string of the molecule is COc1ccc(C(NCc2ccc3c(c2)CCC3)C(=O)O)cc1.O=C(O)C(F)(F)F. The number of alkyl halides is 3. The van der Waals surface area contributed by atoms with E-state index in [1.807, 2.05) is 0 Å². The van der Waals surface area contributed by atoms with Crippen LogP contribution in [0.25, 0.3) is 0 Å². The molecule has 1 aliphatic rings. The van der Waals surface area contributed by atoms with Gasteiger partial charge in [0.1, 0.15) is 11.8 Å². The van der Waals surface area contributed by atoms with Crippen LogP contribution in [0.2, 0.25) is 0 Å². The van der Waals surface area contributed by atoms with E-state index in [1.165, 1.54) is 17.5 Å². The fourth-order valence-electron chi connectivity index (χ4n) is 3.10. The van der Waals surface area contributed by atoms with E-state index < -0.39 is 24.2 Å². The van der Waals surface area contributed by atoms with Gasteiger partial charge in [-0.3, -0.25) is 10.1 Å². The average Bonchev–Trinajstić information content (AvgIpc) is 3.16. The number of hydrogen-bond donors (Lipinski definition) is 3. The zero-order valence-electron chi connectivity index (χ0n) is 16.2. The number of carbonyl (C=O) groups is 2. The summed E-state index contributed by atoms with van der Waals surface area (Å²) in [5, 5.41) is 19.8. The Balaban J connectivity index is 0.000000396. The number of aryl methyl sites for hydroxylation is 2. The minimum Gasteiger partial charge on any atom is -0.497 e. The molecular formula is C21H22F3NO5. The summed E-state index contributed by atoms with van der Waals surface area (Å²) in [6.07, 6.45) is -1.58. The van der Waals surface area contributed by atoms with Gasteiger partial charge in [0.05, 0.1) is 7.11 Å². The van der Waals surface area contributed by atoms with E-state index in [2.05, 4.69) is 23.5 Å². The highest BCUT2D eigenvalue weighted by Gasteiger charge is 2.38. The van der Waals surface area contributed by atoms with E-state index in [-0.39, 0.29) is 0 Å². The summed E-state index contributed by atoms with van der Waals surface area (Å²) in [6, 6.07) is 12.9. The van der Waals surface area contributed by atoms with E-state index in [4.69, 9.17) is 14.6 Å². The van der Waals surface area contributed by atoms with Crippen LogP contribution in [0.15, 0.2) is 42.5 Å². The standard InChI is InChI=1S/C19H21NO3.C2HF3O2/c1-23-17-9-7-15(8-10-17)18(19(21)22)20-12-13-5-6-14-3-2-4-16(14)11-13;3-2(4,5)1(6)7/h5-11,18,20H,2-4,12H2,1H3,(H,21,22);(H,6,7). The smallest absolute Gasteiger partial charge is 0.490 e. The summed E-state index contributed by atoms with van der Waals surface area (Å²) in [7, 11) is 1.59. The first kappa shape index (κ1) is 23.2. The molecule has 1 unspecified atom stereocenters. The van der Waals surface area contributed by atoms with Crippen LogP contribution in [0, 0.1) is 0 Å². The topological polar surface area (TPSA) is 95.9 Å². The first-order valence-electron chi connectivity index (χ1n) is 9.12. The lowest BCUT2D eigenvalue weighted by Crippen LogP contribution is -2.28. The fraction of sp³-hybridized carbons (Fsp3) is 0.333. The van der Waals surface area contributed by atoms with E-state index >= 15 is 0 Å². The fourth-order valence-corrected chi connectivity index (χ4v) is 3.10. The number of rotatable bonds is 6. The third-order valence-electron chi connectivity index (χ3n) is 4.61. The molecule has 2 aromatic carbocycles. The van der Waals surface area contributed by atoms with Gasteiger partial charge < -0.3 is 14.9 Å². The summed E-state index contributed by atoms with van der Waals surface area (Å²) in [6.45, 7) is 0.538. The van der Waals surface area contributed by atoms with Gasteiger partial charge >= 0.3 is 18.1 Å². The van der Waals surface area contributed by atoms with Crippen LogP contribution in [0.5, 0.6) is 5.75 Å². The highest BCUT2D eigenvalue weighted by molar-refractivity contribution is 5.75. The first-order chi connectivity index (χ1) is 14.1. The summed E-state index contributed by atoms with van der Waals surface area (Å²) in [4.78, 5) is 20.5. The quantitative estimate of drug-likeness (QED) is 0.653. The Bertz CT molecular complexity index is 881. The van der Waals surface area contributed by atoms with Crippen molar-refractivity contribution in [3.05, 3.63) is 64.7 Å². The first-order valence-corrected chi connectivity index (χ1v) is 9.12. The van der Waals surface area contributed by atoms with Crippen LogP contribution in [-0.4, -0.2) is 35.4 Å². The number of fused-ring (bicyclic) bond motifs is 1. The van der Waals surface area contributed by atoms with Crippen molar-refractivity contribution in [1.29, 1.82) is 0 Å². The molecule has 0 bridgehead atoms. The summed E-state index contributed by atoms with van der Waals surface area (Å²) in [5.41, 5.74) is 4.68. The molecule has 3 rings (SSSR count). The summed E-state index contributed by atoms with van der Waals surface area (Å²) >= 11 is 0. The van der Waals surface area contributed by atoms with Gasteiger partial charge in [-0.2, -0.15) is 13.2 Å². The minimum atomic E-state index is -5.08. The van der Waals surface area contributed by atoms with Crippen LogP contribution >= 0.6 is 0 Å². The Labute approximate surface area is 171 Å². The highest BCUT2D eigenvalue weighted by Crippen LogP contribution is 2.23. The Morgan fingerprint density at radius 1 is 1.07 bits per heavy atom. The Kier molecular flexibility index (Phi) is 7.82. The maximum Gasteiger partial charge on any atom is 0.490 e. The molecule has 9 heteroatoms. The molecule has 0 radical (unpaired) electrons. The number of benzene rings is 2. The number of hydrogen-bond acceptors (Lipinski definition) is 4. The van der Waals surface area contributed by atoms with E-state index in [0.29, 0.717) is 6.54 Å². The summed E-state index contributed by atoms with van der Waals surface area (Å²) in [5.74, 6) is -2.92. The number of aliphatic carboxylic acids is 2. The van der Waals surface area contributed by atoms with Gasteiger partial charge in [-0.15, -0.1) is 0 Å². The molecule has 0 amide bonds. The van der Waals surface area contributed by atoms with Crippen molar-refractivity contribution < 1.29 is 37.7 Å². The predicted octanol–water partition coefficient (Wildman–Crippen LogP) is 3.73. The van der Waals surface area contributed by atoms with Crippen LogP contribution in [-0.2, 0) is 29.0 Å². The molecule has 2 aromatic rings. The molecule has 30 heavy (non-hydrogen) atoms. The lowest BCUT2D eigenvalue weighted by molar-refractivity contribution is -0.192. The molecule has 0 saturated heterocycles. The van der Waals surface area contributed by atoms with Crippen molar-refractivity contribution in [3.63, 3.8) is 0 Å². The number of carboxylic acid groups (broad SMARTS) is 2. The molecule has 0 aliphatic heterocycles. The van der Waals surface area contributed by atoms with E-state index in [1.54, 1.807) is 31.4 Å². The van der Waals surface area contributed by atoms with Gasteiger partial charge in [-0.1, -0.05) is 30.3 Å². The van der Waals surface area contributed by atoms with Crippen LogP contribution < -0.4 is 10.1 Å². The molecule has 1 atom stereocenters. The van der Waals surface area contributed by atoms with Gasteiger partial charge in [0.2, 0.25) is 0 Å². The zero-order chi connectivity index (χ0) is 22.3. The minimum absolute atomic E-state index is 0.538. The zero-order valence-corrected chi connectivity index (χ0v) is 16.2. The van der Waals surface area contributed by atoms with Crippen molar-refractivity contribution in [2.45, 2.75) is 38.0 Å². The maximum atomic E-state index is 11.6. The predicted molar refractivity (Wildman–Crippen MR) is 102 cm³/mol. The molecule has 0 heterocycles. The van der Waals surface area contributed by atoms with Crippen molar-refractivity contribution in [3.8, 4) is 5.75 Å². The van der Waals surface area contributed by atoms with Gasteiger partial charge in [0.25, 0.3) is 0 Å². The normalized spacial score (nSPS) is 13.6. The third kappa shape index (κ3) is 6.48. The maximum absolute atomic E-state index is 11.6. The Hall–Kier alpha value is -3.07. The number of ether oxygens (including phenoxy) is 1. The Morgan fingerprint density at radius 2 is 1.67 bits per heavy atom. The van der Waals surface area contributed by atoms with Gasteiger partial charge in [-0.25, -0.2) is 4.79 Å². The molecule has 0 saturated carbocycles. The Morgan fingerprint density at radius 3 is 2.20 bits per heavy atom. The molecule has 162 valence electrons. The van der Waals surface area contributed by atoms with Crippen molar-refractivity contribution in [2.24, 2.45) is 0 Å². The second kappa shape index (κ2) is 10.1. The van der Waals surface area contributed by atoms with Crippen LogP contribution in [0.3, 0.4) is 0 Å². The largest absolute Gasteiger partial charge is 0.497 e. The van der Waals surface area contributed by atoms with Gasteiger partial charge in [0.15, 0.2) is 0 Å².